The van der Waals surface area contributed by atoms with E-state index in [4.69, 9.17) is 4.74 Å². The Balaban J connectivity index is 1.60. The van der Waals surface area contributed by atoms with E-state index in [-0.39, 0.29) is 11.5 Å². The van der Waals surface area contributed by atoms with E-state index in [0.717, 1.165) is 0 Å². The summed E-state index contributed by atoms with van der Waals surface area (Å²) in [6.45, 7) is 7.01. The van der Waals surface area contributed by atoms with Crippen LogP contribution in [-0.4, -0.2) is 40.5 Å². The molecule has 0 aromatic heterocycles. The number of hydrogen-bond donors (Lipinski definition) is 4. The number of anilines is 1. The van der Waals surface area contributed by atoms with Gasteiger partial charge in [0.2, 0.25) is 11.8 Å². The number of hydrazine groups is 1. The SMILES string of the molecule is CC(C)(C)C(=O)Nc1ccc(C(=O)NNC(=O)[C@@H]2[C@H](C(=O)O)[C@H]3C=C[C@@]2(C)O3)cc1. The van der Waals surface area contributed by atoms with E-state index in [1.165, 1.54) is 12.1 Å². The highest BCUT2D eigenvalue weighted by Crippen LogP contribution is 2.46. The number of amides is 3. The van der Waals surface area contributed by atoms with Crippen molar-refractivity contribution in [2.75, 3.05) is 5.32 Å². The standard InChI is InChI=1S/C21H25N3O6/c1-20(2,3)19(29)22-12-7-5-11(6-8-12)16(25)23-24-17(26)15-14(18(27)28)13-9-10-21(15,4)30-13/h5-10,13-15H,1-4H3,(H,22,29)(H,23,25)(H,24,26)(H,27,28)/t13-,14-,15+,21-/m1/s1. The van der Waals surface area contributed by atoms with Crippen molar-refractivity contribution in [3.63, 3.8) is 0 Å². The Morgan fingerprint density at radius 2 is 1.70 bits per heavy atom. The fourth-order valence-corrected chi connectivity index (χ4v) is 3.57. The van der Waals surface area contributed by atoms with Crippen molar-refractivity contribution in [2.45, 2.75) is 39.4 Å². The molecular weight excluding hydrogens is 390 g/mol. The first kappa shape index (κ1) is 21.5. The molecule has 2 aliphatic rings. The van der Waals surface area contributed by atoms with Crippen LogP contribution in [-0.2, 0) is 19.1 Å². The molecule has 1 fully saturated rings. The maximum atomic E-state index is 12.6. The molecule has 1 aromatic rings. The van der Waals surface area contributed by atoms with Crippen LogP contribution < -0.4 is 16.2 Å². The summed E-state index contributed by atoms with van der Waals surface area (Å²) in [6, 6.07) is 6.17. The Hall–Kier alpha value is -3.20. The van der Waals surface area contributed by atoms with Crippen LogP contribution in [0.15, 0.2) is 36.4 Å². The van der Waals surface area contributed by atoms with E-state index in [0.29, 0.717) is 5.69 Å². The van der Waals surface area contributed by atoms with Crippen LogP contribution in [0, 0.1) is 17.3 Å². The second-order valence-electron chi connectivity index (χ2n) is 8.69. The smallest absolute Gasteiger partial charge is 0.310 e. The van der Waals surface area contributed by atoms with E-state index in [1.54, 1.807) is 52.0 Å². The minimum absolute atomic E-state index is 0.157. The summed E-state index contributed by atoms with van der Waals surface area (Å²) in [5, 5.41) is 12.2. The summed E-state index contributed by atoms with van der Waals surface area (Å²) < 4.78 is 5.63. The highest BCUT2D eigenvalue weighted by atomic mass is 16.5. The first-order valence-electron chi connectivity index (χ1n) is 9.54. The summed E-state index contributed by atoms with van der Waals surface area (Å²) in [5.41, 5.74) is 3.81. The lowest BCUT2D eigenvalue weighted by molar-refractivity contribution is -0.147. The third kappa shape index (κ3) is 4.06. The number of aliphatic carboxylic acids is 1. The largest absolute Gasteiger partial charge is 0.481 e. The first-order chi connectivity index (χ1) is 13.9. The molecule has 4 atom stereocenters. The van der Waals surface area contributed by atoms with E-state index in [1.807, 2.05) is 0 Å². The van der Waals surface area contributed by atoms with E-state index in [2.05, 4.69) is 16.2 Å². The summed E-state index contributed by atoms with van der Waals surface area (Å²) in [7, 11) is 0. The Morgan fingerprint density at radius 1 is 1.07 bits per heavy atom. The lowest BCUT2D eigenvalue weighted by Crippen LogP contribution is -2.52. The molecule has 3 amide bonds. The van der Waals surface area contributed by atoms with Gasteiger partial charge in [-0.25, -0.2) is 0 Å². The third-order valence-electron chi connectivity index (χ3n) is 5.29. The average Bonchev–Trinajstić information content (AvgIpc) is 3.19. The van der Waals surface area contributed by atoms with Crippen LogP contribution in [0.1, 0.15) is 38.1 Å². The second kappa shape index (κ2) is 7.56. The molecule has 2 bridgehead atoms. The molecule has 1 saturated heterocycles. The Bertz CT molecular complexity index is 918. The number of carbonyl (C=O) groups is 4. The minimum atomic E-state index is -1.13. The fraction of sp³-hybridized carbons (Fsp3) is 0.429. The van der Waals surface area contributed by atoms with Gasteiger partial charge in [-0.1, -0.05) is 32.9 Å². The number of carboxylic acid groups (broad SMARTS) is 1. The van der Waals surface area contributed by atoms with Gasteiger partial charge in [0.05, 0.1) is 17.6 Å². The zero-order valence-electron chi connectivity index (χ0n) is 17.2. The van der Waals surface area contributed by atoms with Crippen molar-refractivity contribution < 1.29 is 29.0 Å². The lowest BCUT2D eigenvalue weighted by Gasteiger charge is -2.27. The molecule has 0 spiro atoms. The molecule has 0 aliphatic carbocycles. The summed E-state index contributed by atoms with van der Waals surface area (Å²) in [4.78, 5) is 48.5. The summed E-state index contributed by atoms with van der Waals surface area (Å²) in [5.74, 6) is -4.50. The quantitative estimate of drug-likeness (QED) is 0.435. The number of nitrogens with one attached hydrogen (secondary N) is 3. The zero-order valence-corrected chi connectivity index (χ0v) is 17.2. The maximum Gasteiger partial charge on any atom is 0.310 e. The molecule has 4 N–H and O–H groups in total. The van der Waals surface area contributed by atoms with Gasteiger partial charge in [0, 0.05) is 16.7 Å². The van der Waals surface area contributed by atoms with Gasteiger partial charge in [-0.2, -0.15) is 0 Å². The topological polar surface area (TPSA) is 134 Å². The van der Waals surface area contributed by atoms with Gasteiger partial charge in [0.25, 0.3) is 5.91 Å². The molecule has 30 heavy (non-hydrogen) atoms. The van der Waals surface area contributed by atoms with Crippen LogP contribution in [0.2, 0.25) is 0 Å². The highest BCUT2D eigenvalue weighted by Gasteiger charge is 2.59. The number of fused-ring (bicyclic) bond motifs is 2. The lowest BCUT2D eigenvalue weighted by atomic mass is 9.76. The van der Waals surface area contributed by atoms with E-state index >= 15 is 0 Å². The van der Waals surface area contributed by atoms with Crippen molar-refractivity contribution in [3.05, 3.63) is 42.0 Å². The van der Waals surface area contributed by atoms with Crippen LogP contribution in [0.3, 0.4) is 0 Å². The van der Waals surface area contributed by atoms with Gasteiger partial charge < -0.3 is 15.2 Å². The zero-order chi connectivity index (χ0) is 22.3. The van der Waals surface area contributed by atoms with Crippen molar-refractivity contribution in [1.82, 2.24) is 10.9 Å². The molecule has 160 valence electrons. The average molecular weight is 415 g/mol. The van der Waals surface area contributed by atoms with Crippen molar-refractivity contribution in [1.29, 1.82) is 0 Å². The predicted octanol–water partition coefficient (Wildman–Crippen LogP) is 1.48. The normalized spacial score (nSPS) is 26.9. The number of rotatable bonds is 4. The van der Waals surface area contributed by atoms with Gasteiger partial charge in [-0.3, -0.25) is 30.0 Å². The van der Waals surface area contributed by atoms with Crippen molar-refractivity contribution >= 4 is 29.4 Å². The number of benzene rings is 1. The predicted molar refractivity (Wildman–Crippen MR) is 107 cm³/mol. The fourth-order valence-electron chi connectivity index (χ4n) is 3.57. The van der Waals surface area contributed by atoms with Gasteiger partial charge in [-0.05, 0) is 31.2 Å². The van der Waals surface area contributed by atoms with Gasteiger partial charge in [0.15, 0.2) is 0 Å². The van der Waals surface area contributed by atoms with Gasteiger partial charge >= 0.3 is 5.97 Å². The first-order valence-corrected chi connectivity index (χ1v) is 9.54. The second-order valence-corrected chi connectivity index (χ2v) is 8.69. The molecule has 2 heterocycles. The van der Waals surface area contributed by atoms with E-state index < -0.39 is 46.7 Å². The van der Waals surface area contributed by atoms with Crippen LogP contribution in [0.4, 0.5) is 5.69 Å². The molecular formula is C21H25N3O6. The Kier molecular flexibility index (Phi) is 5.42. The van der Waals surface area contributed by atoms with E-state index in [9.17, 15) is 24.3 Å². The molecule has 3 rings (SSSR count). The third-order valence-corrected chi connectivity index (χ3v) is 5.29. The molecule has 9 heteroatoms. The summed E-state index contributed by atoms with van der Waals surface area (Å²) in [6.07, 6.45) is 2.64. The molecule has 2 aliphatic heterocycles. The Morgan fingerprint density at radius 3 is 2.27 bits per heavy atom. The molecule has 0 unspecified atom stereocenters. The van der Waals surface area contributed by atoms with Crippen LogP contribution in [0.25, 0.3) is 0 Å². The highest BCUT2D eigenvalue weighted by molar-refractivity contribution is 5.98. The van der Waals surface area contributed by atoms with Crippen LogP contribution in [0.5, 0.6) is 0 Å². The monoisotopic (exact) mass is 415 g/mol. The molecule has 1 aromatic carbocycles. The number of carboxylic acids is 1. The van der Waals surface area contributed by atoms with Gasteiger partial charge in [0.1, 0.15) is 5.92 Å². The minimum Gasteiger partial charge on any atom is -0.481 e. The van der Waals surface area contributed by atoms with Crippen molar-refractivity contribution in [2.24, 2.45) is 17.3 Å². The maximum absolute atomic E-state index is 12.6. The number of carbonyl (C=O) groups excluding carboxylic acids is 3. The Labute approximate surface area is 173 Å². The number of ether oxygens (including phenoxy) is 1. The van der Waals surface area contributed by atoms with Gasteiger partial charge in [-0.15, -0.1) is 0 Å². The molecule has 0 saturated carbocycles. The van der Waals surface area contributed by atoms with Crippen molar-refractivity contribution in [3.8, 4) is 0 Å². The number of hydrogen-bond acceptors (Lipinski definition) is 5. The molecule has 0 radical (unpaired) electrons. The van der Waals surface area contributed by atoms with Crippen LogP contribution >= 0.6 is 0 Å². The summed E-state index contributed by atoms with van der Waals surface area (Å²) >= 11 is 0. The molecule has 9 nitrogen and oxygen atoms in total.